The third-order valence-corrected chi connectivity index (χ3v) is 2.88. The summed E-state index contributed by atoms with van der Waals surface area (Å²) in [4.78, 5) is 13.1. The minimum absolute atomic E-state index is 0.165. The molecule has 0 N–H and O–H groups in total. The maximum Gasteiger partial charge on any atom is 0.222 e. The SMILES string of the molecule is Cc1ccc(F)c(OCCN2CCCC2=O)c1. The summed E-state index contributed by atoms with van der Waals surface area (Å²) in [5, 5.41) is 0. The third kappa shape index (κ3) is 2.96. The largest absolute Gasteiger partial charge is 0.489 e. The van der Waals surface area contributed by atoms with Gasteiger partial charge in [0.1, 0.15) is 6.61 Å². The van der Waals surface area contributed by atoms with Crippen molar-refractivity contribution in [2.45, 2.75) is 19.8 Å². The van der Waals surface area contributed by atoms with Gasteiger partial charge in [0.05, 0.1) is 6.54 Å². The highest BCUT2D eigenvalue weighted by molar-refractivity contribution is 5.78. The van der Waals surface area contributed by atoms with E-state index in [4.69, 9.17) is 4.74 Å². The summed E-state index contributed by atoms with van der Waals surface area (Å²) in [6.45, 7) is 3.55. The van der Waals surface area contributed by atoms with E-state index in [0.29, 0.717) is 19.6 Å². The number of likely N-dealkylation sites (tertiary alicyclic amines) is 1. The molecule has 17 heavy (non-hydrogen) atoms. The standard InChI is InChI=1S/C13H16FNO2/c1-10-4-5-11(14)12(9-10)17-8-7-15-6-2-3-13(15)16/h4-5,9H,2-3,6-8H2,1H3. The predicted molar refractivity (Wildman–Crippen MR) is 62.4 cm³/mol. The molecule has 0 aromatic heterocycles. The van der Waals surface area contributed by atoms with Gasteiger partial charge in [-0.25, -0.2) is 4.39 Å². The molecule has 0 bridgehead atoms. The highest BCUT2D eigenvalue weighted by Gasteiger charge is 2.19. The fourth-order valence-corrected chi connectivity index (χ4v) is 1.93. The Kier molecular flexibility index (Phi) is 3.61. The fourth-order valence-electron chi connectivity index (χ4n) is 1.93. The van der Waals surface area contributed by atoms with Crippen molar-refractivity contribution in [1.82, 2.24) is 4.90 Å². The Morgan fingerprint density at radius 2 is 2.29 bits per heavy atom. The molecule has 1 aromatic carbocycles. The summed E-state index contributed by atoms with van der Waals surface area (Å²) in [6, 6.07) is 4.76. The van der Waals surface area contributed by atoms with Crippen molar-refractivity contribution < 1.29 is 13.9 Å². The molecule has 1 saturated heterocycles. The van der Waals surface area contributed by atoms with E-state index in [0.717, 1.165) is 18.5 Å². The maximum absolute atomic E-state index is 13.3. The van der Waals surface area contributed by atoms with E-state index in [9.17, 15) is 9.18 Å². The summed E-state index contributed by atoms with van der Waals surface area (Å²) in [5.74, 6) is 0.0679. The molecule has 0 saturated carbocycles. The van der Waals surface area contributed by atoms with Crippen LogP contribution in [0, 0.1) is 12.7 Å². The first kappa shape index (κ1) is 11.9. The number of ether oxygens (including phenoxy) is 1. The first-order valence-electron chi connectivity index (χ1n) is 5.83. The van der Waals surface area contributed by atoms with Crippen LogP contribution < -0.4 is 4.74 Å². The molecular weight excluding hydrogens is 221 g/mol. The van der Waals surface area contributed by atoms with Gasteiger partial charge in [0.15, 0.2) is 11.6 Å². The van der Waals surface area contributed by atoms with Gasteiger partial charge in [0.2, 0.25) is 5.91 Å². The maximum atomic E-state index is 13.3. The van der Waals surface area contributed by atoms with Crippen molar-refractivity contribution in [3.63, 3.8) is 0 Å². The van der Waals surface area contributed by atoms with Crippen LogP contribution in [-0.2, 0) is 4.79 Å². The molecule has 0 atom stereocenters. The van der Waals surface area contributed by atoms with Gasteiger partial charge in [-0.3, -0.25) is 4.79 Å². The number of aryl methyl sites for hydroxylation is 1. The van der Waals surface area contributed by atoms with Crippen molar-refractivity contribution in [2.24, 2.45) is 0 Å². The lowest BCUT2D eigenvalue weighted by Gasteiger charge is -2.16. The van der Waals surface area contributed by atoms with E-state index >= 15 is 0 Å². The van der Waals surface area contributed by atoms with Crippen molar-refractivity contribution in [2.75, 3.05) is 19.7 Å². The second-order valence-corrected chi connectivity index (χ2v) is 4.27. The molecule has 1 aliphatic rings. The minimum atomic E-state index is -0.358. The predicted octanol–water partition coefficient (Wildman–Crippen LogP) is 2.14. The van der Waals surface area contributed by atoms with E-state index in [-0.39, 0.29) is 17.5 Å². The molecule has 0 spiro atoms. The van der Waals surface area contributed by atoms with Crippen molar-refractivity contribution >= 4 is 5.91 Å². The van der Waals surface area contributed by atoms with E-state index < -0.39 is 0 Å². The number of amides is 1. The second-order valence-electron chi connectivity index (χ2n) is 4.27. The molecular formula is C13H16FNO2. The first-order chi connectivity index (χ1) is 8.16. The quantitative estimate of drug-likeness (QED) is 0.803. The minimum Gasteiger partial charge on any atom is -0.489 e. The number of benzene rings is 1. The smallest absolute Gasteiger partial charge is 0.222 e. The van der Waals surface area contributed by atoms with Gasteiger partial charge < -0.3 is 9.64 Å². The third-order valence-electron chi connectivity index (χ3n) is 2.88. The van der Waals surface area contributed by atoms with Crippen LogP contribution in [0.5, 0.6) is 5.75 Å². The summed E-state index contributed by atoms with van der Waals surface area (Å²) >= 11 is 0. The molecule has 92 valence electrons. The Labute approximate surface area is 100 Å². The van der Waals surface area contributed by atoms with Gasteiger partial charge in [0, 0.05) is 13.0 Å². The molecule has 0 aliphatic carbocycles. The lowest BCUT2D eigenvalue weighted by atomic mass is 10.2. The highest BCUT2D eigenvalue weighted by atomic mass is 19.1. The Hall–Kier alpha value is -1.58. The monoisotopic (exact) mass is 237 g/mol. The Bertz CT molecular complexity index is 420. The zero-order valence-corrected chi connectivity index (χ0v) is 9.91. The molecule has 4 heteroatoms. The van der Waals surface area contributed by atoms with Crippen molar-refractivity contribution in [3.05, 3.63) is 29.6 Å². The lowest BCUT2D eigenvalue weighted by Crippen LogP contribution is -2.29. The van der Waals surface area contributed by atoms with Gasteiger partial charge in [-0.05, 0) is 31.0 Å². The molecule has 1 heterocycles. The average Bonchev–Trinajstić information content (AvgIpc) is 2.70. The van der Waals surface area contributed by atoms with Crippen LogP contribution in [-0.4, -0.2) is 30.5 Å². The summed E-state index contributed by atoms with van der Waals surface area (Å²) in [7, 11) is 0. The topological polar surface area (TPSA) is 29.5 Å². The molecule has 0 unspecified atom stereocenters. The zero-order valence-electron chi connectivity index (χ0n) is 9.91. The van der Waals surface area contributed by atoms with Crippen molar-refractivity contribution in [3.8, 4) is 5.75 Å². The van der Waals surface area contributed by atoms with Gasteiger partial charge >= 0.3 is 0 Å². The van der Waals surface area contributed by atoms with E-state index in [1.54, 1.807) is 17.0 Å². The van der Waals surface area contributed by atoms with Crippen molar-refractivity contribution in [1.29, 1.82) is 0 Å². The number of carbonyl (C=O) groups is 1. The molecule has 1 aromatic rings. The molecule has 1 aliphatic heterocycles. The molecule has 2 rings (SSSR count). The van der Waals surface area contributed by atoms with E-state index in [1.165, 1.54) is 6.07 Å². The molecule has 3 nitrogen and oxygen atoms in total. The normalized spacial score (nSPS) is 15.4. The Balaban J connectivity index is 1.85. The summed E-state index contributed by atoms with van der Waals surface area (Å²) in [5.41, 5.74) is 0.957. The van der Waals surface area contributed by atoms with Crippen LogP contribution in [0.2, 0.25) is 0 Å². The summed E-state index contributed by atoms with van der Waals surface area (Å²) < 4.78 is 18.7. The van der Waals surface area contributed by atoms with Gasteiger partial charge in [-0.15, -0.1) is 0 Å². The van der Waals surface area contributed by atoms with Gasteiger partial charge in [-0.1, -0.05) is 6.07 Å². The second kappa shape index (κ2) is 5.17. The number of carbonyl (C=O) groups excluding carboxylic acids is 1. The van der Waals surface area contributed by atoms with Crippen LogP contribution in [0.4, 0.5) is 4.39 Å². The molecule has 0 radical (unpaired) electrons. The van der Waals surface area contributed by atoms with Gasteiger partial charge in [0.25, 0.3) is 0 Å². The molecule has 1 amide bonds. The van der Waals surface area contributed by atoms with Gasteiger partial charge in [-0.2, -0.15) is 0 Å². The van der Waals surface area contributed by atoms with E-state index in [2.05, 4.69) is 0 Å². The summed E-state index contributed by atoms with van der Waals surface area (Å²) in [6.07, 6.45) is 1.54. The van der Waals surface area contributed by atoms with Crippen LogP contribution in [0.15, 0.2) is 18.2 Å². The highest BCUT2D eigenvalue weighted by Crippen LogP contribution is 2.18. The van der Waals surface area contributed by atoms with Crippen LogP contribution in [0.25, 0.3) is 0 Å². The lowest BCUT2D eigenvalue weighted by molar-refractivity contribution is -0.128. The average molecular weight is 237 g/mol. The zero-order chi connectivity index (χ0) is 12.3. The number of hydrogen-bond donors (Lipinski definition) is 0. The number of rotatable bonds is 4. The van der Waals surface area contributed by atoms with Crippen LogP contribution >= 0.6 is 0 Å². The van der Waals surface area contributed by atoms with Crippen LogP contribution in [0.3, 0.4) is 0 Å². The fraction of sp³-hybridized carbons (Fsp3) is 0.462. The van der Waals surface area contributed by atoms with Crippen LogP contribution in [0.1, 0.15) is 18.4 Å². The number of nitrogens with zero attached hydrogens (tertiary/aromatic N) is 1. The Morgan fingerprint density at radius 3 is 3.00 bits per heavy atom. The number of hydrogen-bond acceptors (Lipinski definition) is 2. The molecule has 1 fully saturated rings. The number of halogens is 1. The first-order valence-corrected chi connectivity index (χ1v) is 5.83. The Morgan fingerprint density at radius 1 is 1.47 bits per heavy atom. The van der Waals surface area contributed by atoms with E-state index in [1.807, 2.05) is 6.92 Å².